The number of fused-ring (bicyclic) bond motifs is 1. The average Bonchev–Trinajstić information content (AvgIpc) is 3.01. The maximum absolute atomic E-state index is 9.48. The molecule has 3 N–H and O–H groups in total. The van der Waals surface area contributed by atoms with Crippen molar-refractivity contribution in [1.82, 2.24) is 14.5 Å². The first kappa shape index (κ1) is 15.6. The number of ether oxygens (including phenoxy) is 2. The fourth-order valence-electron chi connectivity index (χ4n) is 2.71. The lowest BCUT2D eigenvalue weighted by molar-refractivity contribution is -0.216. The van der Waals surface area contributed by atoms with Crippen molar-refractivity contribution < 1.29 is 19.7 Å². The zero-order valence-electron chi connectivity index (χ0n) is 12.4. The minimum absolute atomic E-state index is 0.161. The quantitative estimate of drug-likeness (QED) is 0.517. The highest BCUT2D eigenvalue weighted by Gasteiger charge is 2.41. The zero-order chi connectivity index (χ0) is 15.9. The molecule has 0 spiro atoms. The third-order valence-corrected chi connectivity index (χ3v) is 3.88. The molecule has 22 heavy (non-hydrogen) atoms. The van der Waals surface area contributed by atoms with Gasteiger partial charge in [-0.15, -0.1) is 0 Å². The van der Waals surface area contributed by atoms with E-state index in [1.807, 2.05) is 16.8 Å². The van der Waals surface area contributed by atoms with Gasteiger partial charge in [-0.2, -0.15) is 0 Å². The molecule has 3 heterocycles. The van der Waals surface area contributed by atoms with Crippen LogP contribution < -0.4 is 0 Å². The molecule has 1 aliphatic heterocycles. The van der Waals surface area contributed by atoms with Crippen molar-refractivity contribution in [3.63, 3.8) is 0 Å². The molecular weight excluding hydrogens is 310 g/mol. The lowest BCUT2D eigenvalue weighted by Crippen LogP contribution is -2.36. The number of hydrogen-bond donors (Lipinski definition) is 1. The predicted octanol–water partition coefficient (Wildman–Crippen LogP) is 1.21. The molecule has 120 valence electrons. The van der Waals surface area contributed by atoms with E-state index in [-0.39, 0.29) is 18.9 Å². The fourth-order valence-corrected chi connectivity index (χ4v) is 2.90. The van der Waals surface area contributed by atoms with Crippen molar-refractivity contribution in [3.8, 4) is 0 Å². The first-order valence-electron chi connectivity index (χ1n) is 7.05. The van der Waals surface area contributed by atoms with E-state index < -0.39 is 11.9 Å². The average molecular weight is 329 g/mol. The summed E-state index contributed by atoms with van der Waals surface area (Å²) in [5.41, 5.74) is 0.674. The molecule has 2 aromatic heterocycles. The first-order valence-corrected chi connectivity index (χ1v) is 7.43. The molecule has 0 aromatic carbocycles. The molecule has 0 saturated carbocycles. The number of rotatable bonds is 4. The van der Waals surface area contributed by atoms with Gasteiger partial charge in [0.2, 0.25) is 0 Å². The van der Waals surface area contributed by atoms with Crippen LogP contribution in [0.1, 0.15) is 26.5 Å². The SMILES string of the molecule is CC(C)([OH2+])O[C@H]1C[C@H](n2ccc3c(Cl)ncnc32)O[C@@H]1CO. The molecule has 0 radical (unpaired) electrons. The normalized spacial score (nSPS) is 26.0. The number of aliphatic hydroxyl groups excluding tert-OH is 1. The largest absolute Gasteiger partial charge is 0.420 e. The molecule has 0 unspecified atom stereocenters. The van der Waals surface area contributed by atoms with E-state index in [0.717, 1.165) is 5.39 Å². The minimum Gasteiger partial charge on any atom is -0.420 e. The van der Waals surface area contributed by atoms with Gasteiger partial charge < -0.3 is 24.3 Å². The number of halogens is 1. The van der Waals surface area contributed by atoms with Gasteiger partial charge in [-0.25, -0.2) is 9.97 Å². The van der Waals surface area contributed by atoms with Crippen LogP contribution in [0.4, 0.5) is 0 Å². The van der Waals surface area contributed by atoms with Gasteiger partial charge in [0.1, 0.15) is 29.5 Å². The highest BCUT2D eigenvalue weighted by atomic mass is 35.5. The number of aromatic nitrogens is 3. The van der Waals surface area contributed by atoms with Gasteiger partial charge in [-0.3, -0.25) is 0 Å². The summed E-state index contributed by atoms with van der Waals surface area (Å²) < 4.78 is 13.4. The summed E-state index contributed by atoms with van der Waals surface area (Å²) in [4.78, 5) is 8.20. The van der Waals surface area contributed by atoms with Gasteiger partial charge in [0, 0.05) is 26.5 Å². The molecule has 1 fully saturated rings. The van der Waals surface area contributed by atoms with Crippen molar-refractivity contribution in [2.45, 2.75) is 44.5 Å². The molecule has 8 heteroatoms. The number of nitrogens with zero attached hydrogens (tertiary/aromatic N) is 3. The van der Waals surface area contributed by atoms with Crippen LogP contribution >= 0.6 is 11.6 Å². The molecule has 0 aliphatic carbocycles. The first-order chi connectivity index (χ1) is 10.4. The summed E-state index contributed by atoms with van der Waals surface area (Å²) >= 11 is 6.05. The van der Waals surface area contributed by atoms with E-state index >= 15 is 0 Å². The van der Waals surface area contributed by atoms with Crippen molar-refractivity contribution in [3.05, 3.63) is 23.7 Å². The standard InChI is InChI=1S/C14H18ClN3O4/c1-14(2,20)22-9-5-11(21-10(9)6-19)18-4-3-8-12(15)16-7-17-13(8)18/h3-4,7,9-11,19-20H,5-6H2,1-2H3/p+1/t9-,10+,11+/m0/s1. The van der Waals surface area contributed by atoms with E-state index in [0.29, 0.717) is 17.2 Å². The van der Waals surface area contributed by atoms with Crippen molar-refractivity contribution in [2.24, 2.45) is 0 Å². The Balaban J connectivity index is 1.87. The van der Waals surface area contributed by atoms with Gasteiger partial charge >= 0.3 is 0 Å². The fraction of sp³-hybridized carbons (Fsp3) is 0.571. The molecular formula is C14H19ClN3O4+. The molecule has 1 saturated heterocycles. The van der Waals surface area contributed by atoms with Crippen LogP contribution in [0, 0.1) is 0 Å². The monoisotopic (exact) mass is 328 g/mol. The van der Waals surface area contributed by atoms with Gasteiger partial charge in [0.15, 0.2) is 0 Å². The Morgan fingerprint density at radius 2 is 2.32 bits per heavy atom. The summed E-state index contributed by atoms with van der Waals surface area (Å²) in [6, 6.07) is 1.83. The Bertz CT molecular complexity index is 670. The van der Waals surface area contributed by atoms with Gasteiger partial charge in [0.25, 0.3) is 5.79 Å². The van der Waals surface area contributed by atoms with Crippen LogP contribution in [0.2, 0.25) is 5.15 Å². The zero-order valence-corrected chi connectivity index (χ0v) is 13.1. The summed E-state index contributed by atoms with van der Waals surface area (Å²) in [5.74, 6) is -1.04. The number of hydrogen-bond acceptors (Lipinski definition) is 5. The minimum atomic E-state index is -1.04. The molecule has 2 aromatic rings. The Labute approximate surface area is 132 Å². The van der Waals surface area contributed by atoms with Gasteiger partial charge in [0.05, 0.1) is 18.1 Å². The molecule has 3 rings (SSSR count). The van der Waals surface area contributed by atoms with E-state index in [2.05, 4.69) is 9.97 Å². The molecule has 0 bridgehead atoms. The molecule has 7 nitrogen and oxygen atoms in total. The molecule has 0 amide bonds. The smallest absolute Gasteiger partial charge is 0.267 e. The van der Waals surface area contributed by atoms with Crippen LogP contribution in [0.3, 0.4) is 0 Å². The lowest BCUT2D eigenvalue weighted by atomic mass is 10.1. The Morgan fingerprint density at radius 3 is 3.00 bits per heavy atom. The Kier molecular flexibility index (Phi) is 4.09. The highest BCUT2D eigenvalue weighted by molar-refractivity contribution is 6.33. The van der Waals surface area contributed by atoms with Crippen LogP contribution in [-0.4, -0.2) is 49.4 Å². The highest BCUT2D eigenvalue weighted by Crippen LogP contribution is 2.35. The number of aliphatic hydroxyl groups is 1. The van der Waals surface area contributed by atoms with Gasteiger partial charge in [-0.05, 0) is 6.07 Å². The molecule has 3 atom stereocenters. The Morgan fingerprint density at radius 1 is 1.55 bits per heavy atom. The maximum atomic E-state index is 9.48. The third kappa shape index (κ3) is 2.95. The van der Waals surface area contributed by atoms with E-state index in [4.69, 9.17) is 26.2 Å². The van der Waals surface area contributed by atoms with Gasteiger partial charge in [-0.1, -0.05) is 11.6 Å². The third-order valence-electron chi connectivity index (χ3n) is 3.58. The lowest BCUT2D eigenvalue weighted by Gasteiger charge is -2.22. The van der Waals surface area contributed by atoms with Crippen LogP contribution in [0.25, 0.3) is 11.0 Å². The van der Waals surface area contributed by atoms with E-state index in [1.54, 1.807) is 13.8 Å². The second-order valence-corrected chi connectivity index (χ2v) is 6.20. The van der Waals surface area contributed by atoms with Crippen LogP contribution in [0.15, 0.2) is 18.6 Å². The predicted molar refractivity (Wildman–Crippen MR) is 80.7 cm³/mol. The second-order valence-electron chi connectivity index (χ2n) is 5.84. The van der Waals surface area contributed by atoms with E-state index in [9.17, 15) is 5.11 Å². The Hall–Kier alpha value is -1.25. The van der Waals surface area contributed by atoms with Crippen molar-refractivity contribution >= 4 is 22.6 Å². The van der Waals surface area contributed by atoms with Crippen LogP contribution in [-0.2, 0) is 9.47 Å². The maximum Gasteiger partial charge on any atom is 0.267 e. The van der Waals surface area contributed by atoms with Crippen molar-refractivity contribution in [2.75, 3.05) is 6.61 Å². The second kappa shape index (κ2) is 5.75. The summed E-state index contributed by atoms with van der Waals surface area (Å²) in [6.07, 6.45) is 2.62. The topological polar surface area (TPSA) is 92.3 Å². The summed E-state index contributed by atoms with van der Waals surface area (Å²) in [6.45, 7) is 3.16. The van der Waals surface area contributed by atoms with Crippen LogP contribution in [0.5, 0.6) is 0 Å². The van der Waals surface area contributed by atoms with E-state index in [1.165, 1.54) is 6.33 Å². The summed E-state index contributed by atoms with van der Waals surface area (Å²) in [7, 11) is 0. The molecule has 1 aliphatic rings. The summed E-state index contributed by atoms with van der Waals surface area (Å²) in [5, 5.41) is 18.5. The van der Waals surface area contributed by atoms with Crippen molar-refractivity contribution in [1.29, 1.82) is 0 Å².